The van der Waals surface area contributed by atoms with Crippen molar-refractivity contribution in [1.29, 1.82) is 5.26 Å². The molecule has 47 heavy (non-hydrogen) atoms. The quantitative estimate of drug-likeness (QED) is 0.113. The zero-order valence-corrected chi connectivity index (χ0v) is 26.1. The molecule has 15 heteroatoms. The average Bonchev–Trinajstić information content (AvgIpc) is 3.03. The van der Waals surface area contributed by atoms with Gasteiger partial charge in [-0.15, -0.1) is 0 Å². The lowest BCUT2D eigenvalue weighted by Gasteiger charge is -2.36. The number of aromatic nitrogens is 3. The van der Waals surface area contributed by atoms with E-state index in [9.17, 15) is 32.4 Å². The minimum absolute atomic E-state index is 0.107. The first-order valence-electron chi connectivity index (χ1n) is 14.3. The number of pyridine rings is 3. The number of nitrogen functional groups attached to an aromatic ring is 1. The van der Waals surface area contributed by atoms with E-state index in [0.29, 0.717) is 11.3 Å². The Morgan fingerprint density at radius 1 is 1.13 bits per heavy atom. The van der Waals surface area contributed by atoms with Crippen LogP contribution in [0.1, 0.15) is 48.6 Å². The summed E-state index contributed by atoms with van der Waals surface area (Å²) in [6.45, 7) is 9.61. The molecule has 1 aliphatic heterocycles. The van der Waals surface area contributed by atoms with E-state index in [-0.39, 0.29) is 66.0 Å². The number of hydrogen-bond acceptors (Lipinski definition) is 7. The van der Waals surface area contributed by atoms with Crippen LogP contribution in [0.2, 0.25) is 5.02 Å². The van der Waals surface area contributed by atoms with Crippen molar-refractivity contribution in [2.45, 2.75) is 33.1 Å². The van der Waals surface area contributed by atoms with Gasteiger partial charge in [-0.3, -0.25) is 19.1 Å². The predicted octanol–water partition coefficient (Wildman–Crippen LogP) is 6.18. The Hall–Kier alpha value is -5.03. The van der Waals surface area contributed by atoms with Crippen LogP contribution in [0.5, 0.6) is 0 Å². The molecule has 0 saturated carbocycles. The van der Waals surface area contributed by atoms with E-state index in [2.05, 4.69) is 16.5 Å². The van der Waals surface area contributed by atoms with Crippen molar-refractivity contribution in [2.75, 3.05) is 36.8 Å². The van der Waals surface area contributed by atoms with Crippen LogP contribution < -0.4 is 16.2 Å². The third-order valence-electron chi connectivity index (χ3n) is 8.04. The number of anilines is 2. The molecule has 1 aromatic carbocycles. The first-order valence-corrected chi connectivity index (χ1v) is 14.7. The van der Waals surface area contributed by atoms with Gasteiger partial charge in [-0.2, -0.15) is 5.26 Å². The Morgan fingerprint density at radius 3 is 2.36 bits per heavy atom. The molecular formula is C32H27ClF5N7O2. The lowest BCUT2D eigenvalue weighted by atomic mass is 10.0. The molecule has 1 fully saturated rings. The zero-order valence-electron chi connectivity index (χ0n) is 25.3. The van der Waals surface area contributed by atoms with E-state index >= 15 is 4.39 Å². The van der Waals surface area contributed by atoms with Crippen LogP contribution in [0.3, 0.4) is 0 Å². The standard InChI is InChI=1S/C32H27ClF5N7O2/c1-5-19(46)43-8-10-44(11-9-43)29-16-12-18(33)27(21-22(34)20(30(37)38)23(35)24(36)25(21)40)42-31(16)45(32(47)17(29)13-39)28-15(4)6-7-41-26(28)14(2)3/h5-7,12,14,30H,1,8-11,40H2,2-4H3. The van der Waals surface area contributed by atoms with Crippen molar-refractivity contribution in [3.8, 4) is 23.0 Å². The van der Waals surface area contributed by atoms with E-state index in [1.807, 2.05) is 19.9 Å². The van der Waals surface area contributed by atoms with Crippen LogP contribution in [0.15, 0.2) is 35.8 Å². The van der Waals surface area contributed by atoms with Gasteiger partial charge in [0.25, 0.3) is 12.0 Å². The van der Waals surface area contributed by atoms with Gasteiger partial charge in [0.15, 0.2) is 11.6 Å². The third-order valence-corrected chi connectivity index (χ3v) is 8.33. The van der Waals surface area contributed by atoms with Crippen LogP contribution in [0.25, 0.3) is 28.0 Å². The van der Waals surface area contributed by atoms with Gasteiger partial charge in [-0.25, -0.2) is 26.9 Å². The fourth-order valence-corrected chi connectivity index (χ4v) is 6.01. The fraction of sp³-hybridized carbons (Fsp3) is 0.281. The number of alkyl halides is 2. The number of benzene rings is 1. The highest BCUT2D eigenvalue weighted by Gasteiger charge is 2.33. The minimum Gasteiger partial charge on any atom is -0.396 e. The summed E-state index contributed by atoms with van der Waals surface area (Å²) in [7, 11) is 0. The summed E-state index contributed by atoms with van der Waals surface area (Å²) >= 11 is 6.59. The molecule has 0 spiro atoms. The number of aryl methyl sites for hydroxylation is 1. The second-order valence-electron chi connectivity index (χ2n) is 11.1. The predicted molar refractivity (Wildman–Crippen MR) is 167 cm³/mol. The molecule has 4 aromatic rings. The molecule has 1 saturated heterocycles. The molecule has 4 heterocycles. The number of fused-ring (bicyclic) bond motifs is 1. The Bertz CT molecular complexity index is 2070. The van der Waals surface area contributed by atoms with Crippen LogP contribution in [-0.4, -0.2) is 51.5 Å². The molecule has 1 amide bonds. The number of rotatable bonds is 6. The summed E-state index contributed by atoms with van der Waals surface area (Å²) < 4.78 is 73.4. The number of piperazine rings is 1. The Morgan fingerprint density at radius 2 is 1.79 bits per heavy atom. The number of nitriles is 1. The van der Waals surface area contributed by atoms with Crippen LogP contribution in [0, 0.1) is 35.7 Å². The van der Waals surface area contributed by atoms with Crippen molar-refractivity contribution in [3.63, 3.8) is 0 Å². The number of carbonyl (C=O) groups is 1. The molecule has 0 bridgehead atoms. The molecule has 244 valence electrons. The van der Waals surface area contributed by atoms with Crippen LogP contribution in [-0.2, 0) is 4.79 Å². The summed E-state index contributed by atoms with van der Waals surface area (Å²) in [6.07, 6.45) is -1.06. The highest BCUT2D eigenvalue weighted by Crippen LogP contribution is 2.43. The highest BCUT2D eigenvalue weighted by atomic mass is 35.5. The maximum atomic E-state index is 15.6. The minimum atomic E-state index is -3.76. The lowest BCUT2D eigenvalue weighted by molar-refractivity contribution is -0.126. The zero-order chi connectivity index (χ0) is 34.5. The lowest BCUT2D eigenvalue weighted by Crippen LogP contribution is -2.49. The molecule has 0 unspecified atom stereocenters. The smallest absolute Gasteiger partial charge is 0.276 e. The summed E-state index contributed by atoms with van der Waals surface area (Å²) in [6, 6.07) is 4.83. The number of amides is 1. The van der Waals surface area contributed by atoms with Gasteiger partial charge in [0.2, 0.25) is 5.91 Å². The first-order chi connectivity index (χ1) is 22.2. The largest absolute Gasteiger partial charge is 0.396 e. The molecule has 2 N–H and O–H groups in total. The number of halogens is 6. The molecule has 5 rings (SSSR count). The van der Waals surface area contributed by atoms with Gasteiger partial charge in [0, 0.05) is 37.8 Å². The van der Waals surface area contributed by atoms with Crippen LogP contribution >= 0.6 is 11.6 Å². The van der Waals surface area contributed by atoms with Crippen molar-refractivity contribution in [1.82, 2.24) is 19.4 Å². The Kier molecular flexibility index (Phi) is 8.96. The Labute approximate surface area is 270 Å². The number of nitrogens with zero attached hydrogens (tertiary/aromatic N) is 6. The molecule has 0 radical (unpaired) electrons. The normalized spacial score (nSPS) is 13.5. The van der Waals surface area contributed by atoms with E-state index in [0.717, 1.165) is 4.57 Å². The van der Waals surface area contributed by atoms with Gasteiger partial charge in [-0.05, 0) is 36.6 Å². The molecule has 0 atom stereocenters. The molecule has 3 aromatic heterocycles. The second-order valence-corrected chi connectivity index (χ2v) is 11.6. The van der Waals surface area contributed by atoms with Gasteiger partial charge < -0.3 is 15.5 Å². The summed E-state index contributed by atoms with van der Waals surface area (Å²) in [4.78, 5) is 38.7. The van der Waals surface area contributed by atoms with Gasteiger partial charge in [0.1, 0.15) is 23.1 Å². The van der Waals surface area contributed by atoms with Crippen molar-refractivity contribution >= 4 is 39.9 Å². The SMILES string of the molecule is C=CC(=O)N1CCN(c2c(C#N)c(=O)n(-c3c(C)ccnc3C(C)C)c3nc(-c4c(N)c(F)c(F)c(C(F)F)c4F)c(Cl)cc23)CC1. The fourth-order valence-electron chi connectivity index (χ4n) is 5.76. The molecule has 0 aliphatic carbocycles. The van der Waals surface area contributed by atoms with Crippen molar-refractivity contribution < 1.29 is 26.7 Å². The van der Waals surface area contributed by atoms with Crippen molar-refractivity contribution in [3.05, 3.63) is 86.2 Å². The number of carbonyl (C=O) groups excluding carboxylic acids is 1. The van der Waals surface area contributed by atoms with E-state index < -0.39 is 57.0 Å². The molecule has 1 aliphatic rings. The summed E-state index contributed by atoms with van der Waals surface area (Å²) in [5.74, 6) is -6.52. The monoisotopic (exact) mass is 671 g/mol. The summed E-state index contributed by atoms with van der Waals surface area (Å²) in [5, 5.41) is 10.0. The highest BCUT2D eigenvalue weighted by molar-refractivity contribution is 6.34. The average molecular weight is 672 g/mol. The van der Waals surface area contributed by atoms with E-state index in [1.54, 1.807) is 17.9 Å². The number of hydrogen-bond donors (Lipinski definition) is 1. The van der Waals surface area contributed by atoms with Crippen molar-refractivity contribution in [2.24, 2.45) is 0 Å². The van der Waals surface area contributed by atoms with Gasteiger partial charge in [-0.1, -0.05) is 32.0 Å². The van der Waals surface area contributed by atoms with Gasteiger partial charge >= 0.3 is 0 Å². The summed E-state index contributed by atoms with van der Waals surface area (Å²) in [5.41, 5.74) is 1.00. The topological polar surface area (TPSA) is 121 Å². The maximum Gasteiger partial charge on any atom is 0.276 e. The Balaban J connectivity index is 1.94. The third kappa shape index (κ3) is 5.44. The molecular weight excluding hydrogens is 645 g/mol. The first kappa shape index (κ1) is 33.3. The maximum absolute atomic E-state index is 15.6. The molecule has 9 nitrogen and oxygen atoms in total. The van der Waals surface area contributed by atoms with E-state index in [1.165, 1.54) is 23.2 Å². The van der Waals surface area contributed by atoms with Gasteiger partial charge in [0.05, 0.1) is 44.6 Å². The second kappa shape index (κ2) is 12.6. The van der Waals surface area contributed by atoms with E-state index in [4.69, 9.17) is 17.3 Å². The van der Waals surface area contributed by atoms with Crippen LogP contribution in [0.4, 0.5) is 33.3 Å². The number of nitrogens with two attached hydrogens (primary N) is 1.